The summed E-state index contributed by atoms with van der Waals surface area (Å²) in [6, 6.07) is 0. The van der Waals surface area contributed by atoms with E-state index in [2.05, 4.69) is 13.8 Å². The minimum atomic E-state index is -0.323. The smallest absolute Gasteiger partial charge is 0.313 e. The molecule has 4 heteroatoms. The fourth-order valence-electron chi connectivity index (χ4n) is 5.51. The van der Waals surface area contributed by atoms with Gasteiger partial charge in [0.2, 0.25) is 0 Å². The monoisotopic (exact) mass is 613 g/mol. The fourth-order valence-corrected chi connectivity index (χ4v) is 5.51. The van der Waals surface area contributed by atoms with E-state index in [1.807, 2.05) is 0 Å². The summed E-state index contributed by atoms with van der Waals surface area (Å²) in [7, 11) is 0. The molecule has 0 aromatic carbocycles. The van der Waals surface area contributed by atoms with Crippen LogP contribution in [-0.4, -0.2) is 11.9 Å². The van der Waals surface area contributed by atoms with Crippen LogP contribution in [0.2, 0.25) is 0 Å². The van der Waals surface area contributed by atoms with Gasteiger partial charge in [-0.05, 0) is 12.8 Å². The van der Waals surface area contributed by atoms with E-state index < -0.39 is 0 Å². The van der Waals surface area contributed by atoms with E-state index in [1.54, 1.807) is 0 Å². The standard InChI is InChI=1S/C36H70O3.Cu/c1-3-5-7-9-11-13-15-17-19-21-23-25-27-29-31-33-35(37)39-36(38)34-32-30-28-26-24-22-20-18-16-14-12-10-8-6-4-2;/h3-34H2,1-2H3;. The SMILES string of the molecule is CCCCCCCCCCCCCCCCCC(=O)OC(=O)CCCCCCCCCCCCCCCCC.[Cu]. The molecule has 0 saturated carbocycles. The average molecular weight is 614 g/mol. The molecule has 0 spiro atoms. The van der Waals surface area contributed by atoms with Gasteiger partial charge in [-0.1, -0.05) is 194 Å². The molecule has 0 aromatic heterocycles. The molecule has 0 atom stereocenters. The molecule has 0 rings (SSSR count). The summed E-state index contributed by atoms with van der Waals surface area (Å²) >= 11 is 0. The van der Waals surface area contributed by atoms with Gasteiger partial charge in [-0.2, -0.15) is 0 Å². The van der Waals surface area contributed by atoms with Gasteiger partial charge in [0.05, 0.1) is 0 Å². The molecular formula is C36H70CuO3. The Morgan fingerprint density at radius 3 is 0.700 bits per heavy atom. The van der Waals surface area contributed by atoms with Crippen molar-refractivity contribution in [3.8, 4) is 0 Å². The normalized spacial score (nSPS) is 10.9. The molecular weight excluding hydrogens is 544 g/mol. The van der Waals surface area contributed by atoms with Crippen LogP contribution in [0.3, 0.4) is 0 Å². The van der Waals surface area contributed by atoms with Crippen LogP contribution in [-0.2, 0) is 31.4 Å². The molecule has 0 bridgehead atoms. The van der Waals surface area contributed by atoms with Gasteiger partial charge in [-0.3, -0.25) is 9.59 Å². The van der Waals surface area contributed by atoms with Crippen LogP contribution in [0.5, 0.6) is 0 Å². The van der Waals surface area contributed by atoms with Crippen molar-refractivity contribution in [3.63, 3.8) is 0 Å². The maximum atomic E-state index is 11.9. The van der Waals surface area contributed by atoms with Crippen molar-refractivity contribution in [2.45, 2.75) is 219 Å². The molecule has 0 aliphatic heterocycles. The van der Waals surface area contributed by atoms with E-state index in [9.17, 15) is 9.59 Å². The van der Waals surface area contributed by atoms with Gasteiger partial charge in [-0.25, -0.2) is 0 Å². The Balaban J connectivity index is 0. The van der Waals surface area contributed by atoms with Crippen LogP contribution in [0.25, 0.3) is 0 Å². The molecule has 0 unspecified atom stereocenters. The maximum absolute atomic E-state index is 11.9. The number of carbonyl (C=O) groups excluding carboxylic acids is 2. The topological polar surface area (TPSA) is 43.4 Å². The first-order chi connectivity index (χ1) is 19.2. The zero-order chi connectivity index (χ0) is 28.5. The van der Waals surface area contributed by atoms with Crippen molar-refractivity contribution in [1.29, 1.82) is 0 Å². The van der Waals surface area contributed by atoms with Crippen LogP contribution >= 0.6 is 0 Å². The minimum absolute atomic E-state index is 0. The summed E-state index contributed by atoms with van der Waals surface area (Å²) < 4.78 is 5.01. The number of unbranched alkanes of at least 4 members (excludes halogenated alkanes) is 28. The molecule has 0 amide bonds. The number of hydrogen-bond acceptors (Lipinski definition) is 3. The Bertz CT molecular complexity index is 464. The van der Waals surface area contributed by atoms with Crippen molar-refractivity contribution in [1.82, 2.24) is 0 Å². The van der Waals surface area contributed by atoms with Gasteiger partial charge < -0.3 is 4.74 Å². The predicted molar refractivity (Wildman–Crippen MR) is 170 cm³/mol. The Morgan fingerprint density at radius 2 is 0.500 bits per heavy atom. The first-order valence-electron chi connectivity index (χ1n) is 17.9. The Labute approximate surface area is 262 Å². The number of esters is 2. The molecule has 0 saturated heterocycles. The summed E-state index contributed by atoms with van der Waals surface area (Å²) in [5, 5.41) is 0. The fraction of sp³-hybridized carbons (Fsp3) is 0.944. The first-order valence-corrected chi connectivity index (χ1v) is 17.9. The van der Waals surface area contributed by atoms with Gasteiger partial charge in [0.1, 0.15) is 0 Å². The maximum Gasteiger partial charge on any atom is 0.313 e. The van der Waals surface area contributed by atoms with Crippen LogP contribution in [0, 0.1) is 0 Å². The van der Waals surface area contributed by atoms with Crippen LogP contribution in [0.4, 0.5) is 0 Å². The zero-order valence-electron chi connectivity index (χ0n) is 27.2. The van der Waals surface area contributed by atoms with Crippen LogP contribution < -0.4 is 0 Å². The predicted octanol–water partition coefficient (Wildman–Crippen LogP) is 12.6. The average Bonchev–Trinajstić information content (AvgIpc) is 2.93. The van der Waals surface area contributed by atoms with Crippen molar-refractivity contribution >= 4 is 11.9 Å². The van der Waals surface area contributed by atoms with Gasteiger partial charge in [-0.15, -0.1) is 0 Å². The minimum Gasteiger partial charge on any atom is -0.393 e. The second-order valence-electron chi connectivity index (χ2n) is 12.2. The van der Waals surface area contributed by atoms with Crippen molar-refractivity contribution < 1.29 is 31.4 Å². The summed E-state index contributed by atoms with van der Waals surface area (Å²) in [6.45, 7) is 4.55. The summed E-state index contributed by atoms with van der Waals surface area (Å²) in [6.07, 6.45) is 40.1. The quantitative estimate of drug-likeness (QED) is 0.0328. The van der Waals surface area contributed by atoms with Crippen LogP contribution in [0.15, 0.2) is 0 Å². The molecule has 0 N–H and O–H groups in total. The van der Waals surface area contributed by atoms with Gasteiger partial charge in [0.25, 0.3) is 0 Å². The molecule has 0 aliphatic rings. The van der Waals surface area contributed by atoms with E-state index in [1.165, 1.54) is 167 Å². The molecule has 40 heavy (non-hydrogen) atoms. The second kappa shape index (κ2) is 36.7. The van der Waals surface area contributed by atoms with Crippen LogP contribution in [0.1, 0.15) is 219 Å². The van der Waals surface area contributed by atoms with E-state index in [-0.39, 0.29) is 29.0 Å². The van der Waals surface area contributed by atoms with Crippen molar-refractivity contribution in [3.05, 3.63) is 0 Å². The molecule has 0 aromatic rings. The van der Waals surface area contributed by atoms with E-state index in [0.29, 0.717) is 12.8 Å². The zero-order valence-corrected chi connectivity index (χ0v) is 28.1. The molecule has 0 fully saturated rings. The van der Waals surface area contributed by atoms with E-state index >= 15 is 0 Å². The number of hydrogen-bond donors (Lipinski definition) is 0. The Kier molecular flexibility index (Phi) is 38.3. The van der Waals surface area contributed by atoms with E-state index in [0.717, 1.165) is 25.7 Å². The molecule has 243 valence electrons. The Hall–Kier alpha value is -0.341. The summed E-state index contributed by atoms with van der Waals surface area (Å²) in [5.41, 5.74) is 0. The van der Waals surface area contributed by atoms with Crippen molar-refractivity contribution in [2.75, 3.05) is 0 Å². The van der Waals surface area contributed by atoms with E-state index in [4.69, 9.17) is 4.74 Å². The molecule has 3 nitrogen and oxygen atoms in total. The van der Waals surface area contributed by atoms with Gasteiger partial charge in [0.15, 0.2) is 0 Å². The van der Waals surface area contributed by atoms with Crippen molar-refractivity contribution in [2.24, 2.45) is 0 Å². The summed E-state index contributed by atoms with van der Waals surface area (Å²) in [4.78, 5) is 23.8. The Morgan fingerprint density at radius 1 is 0.325 bits per heavy atom. The molecule has 1 radical (unpaired) electrons. The first kappa shape index (κ1) is 41.8. The number of carbonyl (C=O) groups is 2. The molecule has 0 heterocycles. The third-order valence-electron chi connectivity index (χ3n) is 8.20. The number of ether oxygens (including phenoxy) is 1. The van der Waals surface area contributed by atoms with Gasteiger partial charge >= 0.3 is 11.9 Å². The third kappa shape index (κ3) is 35.7. The largest absolute Gasteiger partial charge is 0.393 e. The molecule has 0 aliphatic carbocycles. The summed E-state index contributed by atoms with van der Waals surface area (Å²) in [5.74, 6) is -0.647. The number of rotatable bonds is 32. The van der Waals surface area contributed by atoms with Gasteiger partial charge in [0, 0.05) is 29.9 Å². The third-order valence-corrected chi connectivity index (χ3v) is 8.20. The second-order valence-corrected chi connectivity index (χ2v) is 12.2.